The number of halogens is 2. The molecule has 5 nitrogen and oxygen atoms in total. The molecule has 1 aromatic heterocycles. The lowest BCUT2D eigenvalue weighted by atomic mass is 10.1. The Balaban J connectivity index is 1.59. The molecule has 0 spiro atoms. The fourth-order valence-electron chi connectivity index (χ4n) is 3.14. The van der Waals surface area contributed by atoms with Crippen LogP contribution in [0.15, 0.2) is 51.5 Å². The molecule has 3 aromatic rings. The van der Waals surface area contributed by atoms with Crippen molar-refractivity contribution in [1.29, 1.82) is 0 Å². The zero-order chi connectivity index (χ0) is 18.3. The molecule has 1 amide bonds. The van der Waals surface area contributed by atoms with Crippen LogP contribution in [0.1, 0.15) is 23.8 Å². The second-order valence-corrected chi connectivity index (χ2v) is 7.58. The lowest BCUT2D eigenvalue weighted by molar-refractivity contribution is -0.117. The van der Waals surface area contributed by atoms with Gasteiger partial charge in [-0.1, -0.05) is 50.9 Å². The van der Waals surface area contributed by atoms with Crippen molar-refractivity contribution in [3.8, 4) is 11.4 Å². The van der Waals surface area contributed by atoms with Gasteiger partial charge in [-0.05, 0) is 36.8 Å². The molecule has 0 radical (unpaired) electrons. The van der Waals surface area contributed by atoms with Crippen molar-refractivity contribution in [1.82, 2.24) is 10.1 Å². The van der Waals surface area contributed by atoms with Crippen molar-refractivity contribution in [2.45, 2.75) is 19.3 Å². The second-order valence-electron chi connectivity index (χ2n) is 6.26. The summed E-state index contributed by atoms with van der Waals surface area (Å²) in [5.74, 6) is 0.901. The van der Waals surface area contributed by atoms with Crippen LogP contribution < -0.4 is 4.90 Å². The van der Waals surface area contributed by atoms with Gasteiger partial charge in [0.15, 0.2) is 0 Å². The fraction of sp³-hybridized carbons (Fsp3) is 0.211. The number of anilines is 1. The molecule has 1 aliphatic heterocycles. The van der Waals surface area contributed by atoms with Crippen molar-refractivity contribution in [2.75, 3.05) is 11.4 Å². The summed E-state index contributed by atoms with van der Waals surface area (Å²) in [5.41, 5.74) is 2.58. The Kier molecular flexibility index (Phi) is 4.54. The van der Waals surface area contributed by atoms with Crippen molar-refractivity contribution in [2.24, 2.45) is 0 Å². The summed E-state index contributed by atoms with van der Waals surface area (Å²) in [6, 6.07) is 13.3. The molecule has 1 unspecified atom stereocenters. The fourth-order valence-corrected chi connectivity index (χ4v) is 3.71. The number of amides is 1. The van der Waals surface area contributed by atoms with Gasteiger partial charge in [0.2, 0.25) is 17.6 Å². The van der Waals surface area contributed by atoms with E-state index < -0.39 is 0 Å². The van der Waals surface area contributed by atoms with Gasteiger partial charge >= 0.3 is 0 Å². The van der Waals surface area contributed by atoms with Crippen LogP contribution in [0.3, 0.4) is 0 Å². The molecule has 1 aliphatic rings. The first-order chi connectivity index (χ1) is 12.5. The topological polar surface area (TPSA) is 59.2 Å². The molecule has 0 saturated carbocycles. The molecular weight excluding hydrogens is 418 g/mol. The quantitative estimate of drug-likeness (QED) is 0.585. The van der Waals surface area contributed by atoms with E-state index in [0.717, 1.165) is 21.3 Å². The Morgan fingerprint density at radius 1 is 1.27 bits per heavy atom. The first-order valence-electron chi connectivity index (χ1n) is 8.18. The maximum atomic E-state index is 12.5. The molecule has 1 fully saturated rings. The van der Waals surface area contributed by atoms with E-state index in [1.165, 1.54) is 0 Å². The number of carbonyl (C=O) groups excluding carboxylic acids is 1. The Bertz CT molecular complexity index is 988. The molecule has 0 aliphatic carbocycles. The maximum Gasteiger partial charge on any atom is 0.232 e. The van der Waals surface area contributed by atoms with Gasteiger partial charge in [-0.15, -0.1) is 0 Å². The van der Waals surface area contributed by atoms with E-state index in [4.69, 9.17) is 16.1 Å². The Morgan fingerprint density at radius 2 is 2.08 bits per heavy atom. The monoisotopic (exact) mass is 431 g/mol. The van der Waals surface area contributed by atoms with Gasteiger partial charge in [0.25, 0.3) is 0 Å². The first kappa shape index (κ1) is 17.2. The summed E-state index contributed by atoms with van der Waals surface area (Å²) in [4.78, 5) is 18.8. The van der Waals surface area contributed by atoms with Gasteiger partial charge in [0, 0.05) is 33.7 Å². The highest BCUT2D eigenvalue weighted by Crippen LogP contribution is 2.35. The van der Waals surface area contributed by atoms with Gasteiger partial charge in [-0.2, -0.15) is 4.98 Å². The highest BCUT2D eigenvalue weighted by molar-refractivity contribution is 9.10. The number of hydrogen-bond donors (Lipinski definition) is 0. The number of rotatable bonds is 3. The standard InChI is InChI=1S/C19H15BrClN3O2/c1-11-15(21)6-3-7-16(11)24-10-13(9-17(24)25)19-22-18(23-26-19)12-4-2-5-14(20)8-12/h2-8,13H,9-10H2,1H3. The van der Waals surface area contributed by atoms with E-state index in [-0.39, 0.29) is 11.8 Å². The third-order valence-electron chi connectivity index (χ3n) is 4.53. The lowest BCUT2D eigenvalue weighted by Crippen LogP contribution is -2.25. The number of nitrogens with zero attached hydrogens (tertiary/aromatic N) is 3. The summed E-state index contributed by atoms with van der Waals surface area (Å²) in [7, 11) is 0. The van der Waals surface area contributed by atoms with Gasteiger partial charge in [-0.25, -0.2) is 0 Å². The Labute approximate surface area is 164 Å². The zero-order valence-electron chi connectivity index (χ0n) is 13.9. The third kappa shape index (κ3) is 3.15. The predicted molar refractivity (Wildman–Crippen MR) is 103 cm³/mol. The highest BCUT2D eigenvalue weighted by Gasteiger charge is 2.35. The summed E-state index contributed by atoms with van der Waals surface area (Å²) in [6.07, 6.45) is 0.339. The minimum Gasteiger partial charge on any atom is -0.339 e. The van der Waals surface area contributed by atoms with E-state index in [0.29, 0.717) is 29.7 Å². The van der Waals surface area contributed by atoms with Gasteiger partial charge in [-0.3, -0.25) is 4.79 Å². The minimum absolute atomic E-state index is 0.0302. The lowest BCUT2D eigenvalue weighted by Gasteiger charge is -2.19. The average Bonchev–Trinajstić information content (AvgIpc) is 3.24. The average molecular weight is 433 g/mol. The number of hydrogen-bond acceptors (Lipinski definition) is 4. The van der Waals surface area contributed by atoms with E-state index in [2.05, 4.69) is 26.1 Å². The molecule has 7 heteroatoms. The van der Waals surface area contributed by atoms with Crippen LogP contribution in [0.25, 0.3) is 11.4 Å². The van der Waals surface area contributed by atoms with E-state index in [1.807, 2.05) is 49.4 Å². The van der Waals surface area contributed by atoms with Gasteiger partial charge in [0.05, 0.1) is 5.92 Å². The van der Waals surface area contributed by atoms with E-state index in [1.54, 1.807) is 4.90 Å². The van der Waals surface area contributed by atoms with Crippen molar-refractivity contribution in [3.63, 3.8) is 0 Å². The van der Waals surface area contributed by atoms with Crippen LogP contribution in [0.2, 0.25) is 5.02 Å². The van der Waals surface area contributed by atoms with Crippen molar-refractivity contribution in [3.05, 3.63) is 63.4 Å². The molecule has 1 atom stereocenters. The molecular formula is C19H15BrClN3O2. The molecule has 4 rings (SSSR count). The van der Waals surface area contributed by atoms with Gasteiger partial charge in [0.1, 0.15) is 0 Å². The van der Waals surface area contributed by atoms with Crippen LogP contribution in [-0.2, 0) is 4.79 Å². The third-order valence-corrected chi connectivity index (χ3v) is 5.43. The second kappa shape index (κ2) is 6.85. The highest BCUT2D eigenvalue weighted by atomic mass is 79.9. The summed E-state index contributed by atoms with van der Waals surface area (Å²) in [6.45, 7) is 2.41. The smallest absolute Gasteiger partial charge is 0.232 e. The van der Waals surface area contributed by atoms with E-state index in [9.17, 15) is 4.79 Å². The normalized spacial score (nSPS) is 17.1. The minimum atomic E-state index is -0.130. The van der Waals surface area contributed by atoms with Crippen LogP contribution in [-0.4, -0.2) is 22.6 Å². The SMILES string of the molecule is Cc1c(Cl)cccc1N1CC(c2nc(-c3cccc(Br)c3)no2)CC1=O. The largest absolute Gasteiger partial charge is 0.339 e. The first-order valence-corrected chi connectivity index (χ1v) is 9.35. The molecule has 1 saturated heterocycles. The molecule has 26 heavy (non-hydrogen) atoms. The van der Waals surface area contributed by atoms with Crippen molar-refractivity contribution < 1.29 is 9.32 Å². The summed E-state index contributed by atoms with van der Waals surface area (Å²) < 4.78 is 6.39. The van der Waals surface area contributed by atoms with Crippen LogP contribution >= 0.6 is 27.5 Å². The molecule has 2 aromatic carbocycles. The number of aromatic nitrogens is 2. The summed E-state index contributed by atoms with van der Waals surface area (Å²) in [5, 5.41) is 4.72. The molecule has 0 N–H and O–H groups in total. The molecule has 132 valence electrons. The van der Waals surface area contributed by atoms with Gasteiger partial charge < -0.3 is 9.42 Å². The predicted octanol–water partition coefficient (Wildman–Crippen LogP) is 4.98. The maximum absolute atomic E-state index is 12.5. The summed E-state index contributed by atoms with van der Waals surface area (Å²) >= 11 is 9.63. The van der Waals surface area contributed by atoms with Crippen LogP contribution in [0.4, 0.5) is 5.69 Å². The number of benzene rings is 2. The van der Waals surface area contributed by atoms with E-state index >= 15 is 0 Å². The van der Waals surface area contributed by atoms with Crippen LogP contribution in [0.5, 0.6) is 0 Å². The Morgan fingerprint density at radius 3 is 2.88 bits per heavy atom. The molecule has 2 heterocycles. The number of carbonyl (C=O) groups is 1. The molecule has 0 bridgehead atoms. The Hall–Kier alpha value is -2.18. The van der Waals surface area contributed by atoms with Crippen molar-refractivity contribution >= 4 is 39.1 Å². The zero-order valence-corrected chi connectivity index (χ0v) is 16.3. The van der Waals surface area contributed by atoms with Crippen LogP contribution in [0, 0.1) is 6.92 Å².